The van der Waals surface area contributed by atoms with E-state index in [0.717, 1.165) is 18.9 Å². The minimum Gasteiger partial charge on any atom is -0.346 e. The highest BCUT2D eigenvalue weighted by Gasteiger charge is 2.35. The third-order valence-electron chi connectivity index (χ3n) is 3.77. The average molecular weight is 237 g/mol. The molecule has 88 valence electrons. The van der Waals surface area contributed by atoms with Crippen LogP contribution in [-0.4, -0.2) is 30.7 Å². The average Bonchev–Trinajstić information content (AvgIpc) is 2.95. The second-order valence-corrected chi connectivity index (χ2v) is 5.68. The molecule has 3 heterocycles. The van der Waals surface area contributed by atoms with Crippen LogP contribution in [0.2, 0.25) is 0 Å². The van der Waals surface area contributed by atoms with Crippen LogP contribution < -0.4 is 10.2 Å². The first-order valence-corrected chi connectivity index (χ1v) is 7.17. The number of aryl methyl sites for hydroxylation is 1. The molecule has 2 fully saturated rings. The van der Waals surface area contributed by atoms with Crippen LogP contribution in [0.1, 0.15) is 25.5 Å². The first-order chi connectivity index (χ1) is 7.86. The molecular weight excluding hydrogens is 218 g/mol. The van der Waals surface area contributed by atoms with Gasteiger partial charge in [0.15, 0.2) is 5.13 Å². The van der Waals surface area contributed by atoms with Crippen molar-refractivity contribution >= 4 is 16.5 Å². The maximum Gasteiger partial charge on any atom is 0.185 e. The Morgan fingerprint density at radius 3 is 3.25 bits per heavy atom. The Hall–Kier alpha value is -0.610. The number of aromatic nitrogens is 1. The van der Waals surface area contributed by atoms with E-state index in [0.29, 0.717) is 6.04 Å². The number of nitrogens with zero attached hydrogens (tertiary/aromatic N) is 2. The Morgan fingerprint density at radius 2 is 2.50 bits per heavy atom. The number of piperidine rings is 1. The summed E-state index contributed by atoms with van der Waals surface area (Å²) in [7, 11) is 0. The van der Waals surface area contributed by atoms with Crippen LogP contribution in [0.15, 0.2) is 5.38 Å². The van der Waals surface area contributed by atoms with E-state index in [4.69, 9.17) is 0 Å². The van der Waals surface area contributed by atoms with Gasteiger partial charge in [0.25, 0.3) is 0 Å². The van der Waals surface area contributed by atoms with Gasteiger partial charge >= 0.3 is 0 Å². The van der Waals surface area contributed by atoms with Gasteiger partial charge in [-0.25, -0.2) is 4.98 Å². The van der Waals surface area contributed by atoms with Crippen molar-refractivity contribution in [2.75, 3.05) is 24.5 Å². The molecule has 1 N–H and O–H groups in total. The van der Waals surface area contributed by atoms with Gasteiger partial charge in [0.05, 0.1) is 5.69 Å². The predicted molar refractivity (Wildman–Crippen MR) is 68.2 cm³/mol. The molecule has 2 aliphatic rings. The second kappa shape index (κ2) is 4.34. The van der Waals surface area contributed by atoms with Crippen LogP contribution in [0.4, 0.5) is 5.13 Å². The fraction of sp³-hybridized carbons (Fsp3) is 0.750. The van der Waals surface area contributed by atoms with E-state index < -0.39 is 0 Å². The molecule has 1 aromatic heterocycles. The maximum absolute atomic E-state index is 4.69. The van der Waals surface area contributed by atoms with Gasteiger partial charge in [0.2, 0.25) is 0 Å². The zero-order valence-corrected chi connectivity index (χ0v) is 10.6. The van der Waals surface area contributed by atoms with Crippen LogP contribution in [0.3, 0.4) is 0 Å². The van der Waals surface area contributed by atoms with Gasteiger partial charge in [0.1, 0.15) is 0 Å². The smallest absolute Gasteiger partial charge is 0.185 e. The van der Waals surface area contributed by atoms with E-state index in [2.05, 4.69) is 27.5 Å². The van der Waals surface area contributed by atoms with Gasteiger partial charge in [-0.2, -0.15) is 0 Å². The molecule has 4 heteroatoms. The highest BCUT2D eigenvalue weighted by atomic mass is 32.1. The fourth-order valence-corrected chi connectivity index (χ4v) is 3.74. The van der Waals surface area contributed by atoms with E-state index in [-0.39, 0.29) is 0 Å². The minimum atomic E-state index is 0.711. The molecule has 2 unspecified atom stereocenters. The summed E-state index contributed by atoms with van der Waals surface area (Å²) in [6.45, 7) is 5.73. The summed E-state index contributed by atoms with van der Waals surface area (Å²) in [6.07, 6.45) is 3.78. The largest absolute Gasteiger partial charge is 0.346 e. The Bertz CT molecular complexity index is 349. The van der Waals surface area contributed by atoms with E-state index in [1.165, 1.54) is 36.8 Å². The lowest BCUT2D eigenvalue weighted by atomic mass is 9.94. The molecule has 0 saturated carbocycles. The number of anilines is 1. The van der Waals surface area contributed by atoms with Crippen LogP contribution in [-0.2, 0) is 6.42 Å². The molecule has 0 aliphatic carbocycles. The first kappa shape index (κ1) is 10.5. The summed E-state index contributed by atoms with van der Waals surface area (Å²) >= 11 is 1.80. The van der Waals surface area contributed by atoms with Crippen molar-refractivity contribution in [2.45, 2.75) is 32.2 Å². The molecule has 0 spiro atoms. The molecule has 0 aromatic carbocycles. The van der Waals surface area contributed by atoms with Crippen LogP contribution in [0, 0.1) is 5.92 Å². The van der Waals surface area contributed by atoms with Crippen molar-refractivity contribution in [3.05, 3.63) is 11.1 Å². The summed E-state index contributed by atoms with van der Waals surface area (Å²) in [4.78, 5) is 7.16. The lowest BCUT2D eigenvalue weighted by Gasteiger charge is -2.24. The molecule has 2 aliphatic heterocycles. The third kappa shape index (κ3) is 1.84. The van der Waals surface area contributed by atoms with Gasteiger partial charge in [-0.3, -0.25) is 0 Å². The normalized spacial score (nSPS) is 29.4. The number of nitrogens with one attached hydrogen (secondary N) is 1. The number of fused-ring (bicyclic) bond motifs is 1. The minimum absolute atomic E-state index is 0.711. The standard InChI is InChI=1S/C12H19N3S/c1-2-10-8-16-12(14-10)15-6-9-4-3-5-13-11(9)7-15/h8-9,11,13H,2-7H2,1H3. The molecule has 2 saturated heterocycles. The number of hydrogen-bond donors (Lipinski definition) is 1. The molecule has 2 atom stereocenters. The second-order valence-electron chi connectivity index (χ2n) is 4.84. The number of hydrogen-bond acceptors (Lipinski definition) is 4. The lowest BCUT2D eigenvalue weighted by molar-refractivity contribution is 0.340. The van der Waals surface area contributed by atoms with Crippen molar-refractivity contribution in [2.24, 2.45) is 5.92 Å². The fourth-order valence-electron chi connectivity index (χ4n) is 2.81. The van der Waals surface area contributed by atoms with E-state index >= 15 is 0 Å². The van der Waals surface area contributed by atoms with E-state index in [1.807, 2.05) is 0 Å². The lowest BCUT2D eigenvalue weighted by Crippen LogP contribution is -2.40. The Morgan fingerprint density at radius 1 is 1.56 bits per heavy atom. The zero-order chi connectivity index (χ0) is 11.0. The van der Waals surface area contributed by atoms with Gasteiger partial charge in [-0.05, 0) is 31.7 Å². The van der Waals surface area contributed by atoms with Gasteiger partial charge in [-0.1, -0.05) is 6.92 Å². The van der Waals surface area contributed by atoms with E-state index in [1.54, 1.807) is 11.3 Å². The van der Waals surface area contributed by atoms with Gasteiger partial charge in [0, 0.05) is 24.5 Å². The molecular formula is C12H19N3S. The predicted octanol–water partition coefficient (Wildman–Crippen LogP) is 1.89. The van der Waals surface area contributed by atoms with Crippen molar-refractivity contribution in [3.63, 3.8) is 0 Å². The zero-order valence-electron chi connectivity index (χ0n) is 9.78. The Labute approximate surface area is 101 Å². The molecule has 3 nitrogen and oxygen atoms in total. The Kier molecular flexibility index (Phi) is 2.86. The SMILES string of the molecule is CCc1csc(N2CC3CCCNC3C2)n1. The molecule has 0 amide bonds. The summed E-state index contributed by atoms with van der Waals surface area (Å²) in [5.74, 6) is 0.850. The van der Waals surface area contributed by atoms with Gasteiger partial charge < -0.3 is 10.2 Å². The van der Waals surface area contributed by atoms with E-state index in [9.17, 15) is 0 Å². The summed E-state index contributed by atoms with van der Waals surface area (Å²) < 4.78 is 0. The monoisotopic (exact) mass is 237 g/mol. The van der Waals surface area contributed by atoms with Crippen LogP contribution >= 0.6 is 11.3 Å². The first-order valence-electron chi connectivity index (χ1n) is 6.29. The molecule has 1 aromatic rings. The molecule has 0 bridgehead atoms. The van der Waals surface area contributed by atoms with Crippen LogP contribution in [0.5, 0.6) is 0 Å². The maximum atomic E-state index is 4.69. The topological polar surface area (TPSA) is 28.2 Å². The number of rotatable bonds is 2. The third-order valence-corrected chi connectivity index (χ3v) is 4.72. The Balaban J connectivity index is 1.72. The summed E-state index contributed by atoms with van der Waals surface area (Å²) in [5.41, 5.74) is 1.24. The van der Waals surface area contributed by atoms with Crippen molar-refractivity contribution < 1.29 is 0 Å². The molecule has 3 rings (SSSR count). The highest BCUT2D eigenvalue weighted by molar-refractivity contribution is 7.13. The number of thiazole rings is 1. The molecule has 16 heavy (non-hydrogen) atoms. The summed E-state index contributed by atoms with van der Waals surface area (Å²) in [5, 5.41) is 7.07. The quantitative estimate of drug-likeness (QED) is 0.851. The van der Waals surface area contributed by atoms with Gasteiger partial charge in [-0.15, -0.1) is 11.3 Å². The van der Waals surface area contributed by atoms with Crippen molar-refractivity contribution in [1.29, 1.82) is 0 Å². The van der Waals surface area contributed by atoms with Crippen molar-refractivity contribution in [1.82, 2.24) is 10.3 Å². The highest BCUT2D eigenvalue weighted by Crippen LogP contribution is 2.30. The van der Waals surface area contributed by atoms with Crippen molar-refractivity contribution in [3.8, 4) is 0 Å². The van der Waals surface area contributed by atoms with Crippen LogP contribution in [0.25, 0.3) is 0 Å². The summed E-state index contributed by atoms with van der Waals surface area (Å²) in [6, 6.07) is 0.711. The molecule has 0 radical (unpaired) electrons.